The molecule has 0 unspecified atom stereocenters. The number of rotatable bonds is 5. The summed E-state index contributed by atoms with van der Waals surface area (Å²) < 4.78 is 29.2. The number of hydrogen-bond acceptors (Lipinski definition) is 3. The Hall–Kier alpha value is -4.19. The molecule has 0 aliphatic rings. The van der Waals surface area contributed by atoms with E-state index < -0.39 is 0 Å². The molecule has 0 bridgehead atoms. The van der Waals surface area contributed by atoms with E-state index in [-0.39, 0.29) is 11.6 Å². The molecule has 2 aromatic carbocycles. The SMILES string of the molecule is C=CCn1ncc2c(-c3ccc(F)cc3)c(-c3ccncc3)c(-c3ccc(F)cc3)nc21. The monoisotopic (exact) mass is 424 g/mol. The van der Waals surface area contributed by atoms with Gasteiger partial charge >= 0.3 is 0 Å². The second-order valence-electron chi connectivity index (χ2n) is 7.31. The predicted molar refractivity (Wildman–Crippen MR) is 122 cm³/mol. The van der Waals surface area contributed by atoms with Gasteiger partial charge in [-0.1, -0.05) is 18.2 Å². The van der Waals surface area contributed by atoms with E-state index in [0.717, 1.165) is 33.2 Å². The summed E-state index contributed by atoms with van der Waals surface area (Å²) in [5.74, 6) is -0.638. The van der Waals surface area contributed by atoms with Crippen molar-refractivity contribution >= 4 is 11.0 Å². The lowest BCUT2D eigenvalue weighted by atomic mass is 9.89. The Bertz CT molecular complexity index is 1410. The highest BCUT2D eigenvalue weighted by Crippen LogP contribution is 2.43. The predicted octanol–water partition coefficient (Wildman–Crippen LogP) is 6.29. The van der Waals surface area contributed by atoms with Crippen molar-refractivity contribution in [3.05, 3.63) is 104 Å². The van der Waals surface area contributed by atoms with Gasteiger partial charge < -0.3 is 0 Å². The van der Waals surface area contributed by atoms with Gasteiger partial charge in [-0.15, -0.1) is 6.58 Å². The number of nitrogens with zero attached hydrogens (tertiary/aromatic N) is 4. The molecule has 3 heterocycles. The van der Waals surface area contributed by atoms with Crippen LogP contribution in [0.3, 0.4) is 0 Å². The molecule has 0 radical (unpaired) electrons. The Labute approximate surface area is 183 Å². The first-order valence-electron chi connectivity index (χ1n) is 10.1. The number of pyridine rings is 2. The van der Waals surface area contributed by atoms with Crippen molar-refractivity contribution in [1.82, 2.24) is 19.7 Å². The average Bonchev–Trinajstić information content (AvgIpc) is 3.22. The van der Waals surface area contributed by atoms with Gasteiger partial charge in [-0.3, -0.25) is 4.98 Å². The van der Waals surface area contributed by atoms with Gasteiger partial charge in [0.15, 0.2) is 5.65 Å². The highest BCUT2D eigenvalue weighted by Gasteiger charge is 2.22. The van der Waals surface area contributed by atoms with E-state index in [4.69, 9.17) is 4.98 Å². The molecule has 0 fully saturated rings. The van der Waals surface area contributed by atoms with Crippen molar-refractivity contribution in [2.75, 3.05) is 0 Å². The van der Waals surface area contributed by atoms with E-state index in [0.29, 0.717) is 17.9 Å². The molecule has 0 saturated carbocycles. The van der Waals surface area contributed by atoms with Crippen molar-refractivity contribution in [1.29, 1.82) is 0 Å². The minimum absolute atomic E-state index is 0.314. The van der Waals surface area contributed by atoms with Crippen LogP contribution in [0.5, 0.6) is 0 Å². The van der Waals surface area contributed by atoms with Gasteiger partial charge in [0.1, 0.15) is 11.6 Å². The Balaban J connectivity index is 1.94. The van der Waals surface area contributed by atoms with Gasteiger partial charge in [0.2, 0.25) is 0 Å². The molecule has 0 aliphatic heterocycles. The van der Waals surface area contributed by atoms with Crippen LogP contribution < -0.4 is 0 Å². The molecule has 0 N–H and O–H groups in total. The topological polar surface area (TPSA) is 43.6 Å². The smallest absolute Gasteiger partial charge is 0.159 e. The van der Waals surface area contributed by atoms with E-state index in [1.165, 1.54) is 24.3 Å². The van der Waals surface area contributed by atoms with Gasteiger partial charge in [-0.05, 0) is 59.7 Å². The number of allylic oxidation sites excluding steroid dienone is 1. The van der Waals surface area contributed by atoms with Crippen molar-refractivity contribution < 1.29 is 8.78 Å². The third-order valence-corrected chi connectivity index (χ3v) is 5.31. The number of benzene rings is 2. The van der Waals surface area contributed by atoms with E-state index in [9.17, 15) is 8.78 Å². The lowest BCUT2D eigenvalue weighted by Crippen LogP contribution is -2.01. The van der Waals surface area contributed by atoms with Gasteiger partial charge in [0, 0.05) is 34.5 Å². The third-order valence-electron chi connectivity index (χ3n) is 5.31. The van der Waals surface area contributed by atoms with E-state index in [2.05, 4.69) is 16.7 Å². The highest BCUT2D eigenvalue weighted by molar-refractivity contribution is 6.06. The third kappa shape index (κ3) is 3.46. The Kier molecular flexibility index (Phi) is 5.03. The van der Waals surface area contributed by atoms with Crippen LogP contribution in [0.4, 0.5) is 8.78 Å². The molecule has 4 nitrogen and oxygen atoms in total. The van der Waals surface area contributed by atoms with Crippen LogP contribution in [0.15, 0.2) is 91.9 Å². The second-order valence-corrected chi connectivity index (χ2v) is 7.31. The summed E-state index contributed by atoms with van der Waals surface area (Å²) in [5, 5.41) is 5.34. The minimum atomic E-state index is -0.323. The van der Waals surface area contributed by atoms with E-state index in [1.54, 1.807) is 53.6 Å². The Morgan fingerprint density at radius 3 is 2.00 bits per heavy atom. The second kappa shape index (κ2) is 8.15. The van der Waals surface area contributed by atoms with Crippen molar-refractivity contribution in [2.24, 2.45) is 0 Å². The summed E-state index contributed by atoms with van der Waals surface area (Å²) in [6, 6.07) is 16.4. The van der Waals surface area contributed by atoms with Crippen molar-refractivity contribution in [2.45, 2.75) is 6.54 Å². The molecular weight excluding hydrogens is 406 g/mol. The van der Waals surface area contributed by atoms with Gasteiger partial charge in [0.25, 0.3) is 0 Å². The standard InChI is InChI=1S/C26H18F2N4/c1-2-15-32-26-22(16-30-32)23(17-3-7-20(27)8-4-17)24(18-11-13-29-14-12-18)25(31-26)19-5-9-21(28)10-6-19/h2-14,16H,1,15H2. The molecule has 32 heavy (non-hydrogen) atoms. The lowest BCUT2D eigenvalue weighted by molar-refractivity contribution is 0.627. The number of fused-ring (bicyclic) bond motifs is 1. The van der Waals surface area contributed by atoms with Crippen LogP contribution in [0.25, 0.3) is 44.5 Å². The highest BCUT2D eigenvalue weighted by atomic mass is 19.1. The zero-order valence-corrected chi connectivity index (χ0v) is 17.0. The summed E-state index contributed by atoms with van der Waals surface area (Å²) in [6.45, 7) is 4.29. The fourth-order valence-corrected chi connectivity index (χ4v) is 3.88. The van der Waals surface area contributed by atoms with Crippen molar-refractivity contribution in [3.8, 4) is 33.5 Å². The van der Waals surface area contributed by atoms with Crippen LogP contribution in [-0.2, 0) is 6.54 Å². The summed E-state index contributed by atoms with van der Waals surface area (Å²) in [5.41, 5.74) is 5.54. The lowest BCUT2D eigenvalue weighted by Gasteiger charge is -2.17. The summed E-state index contributed by atoms with van der Waals surface area (Å²) in [7, 11) is 0. The molecule has 3 aromatic heterocycles. The summed E-state index contributed by atoms with van der Waals surface area (Å²) in [4.78, 5) is 9.11. The minimum Gasteiger partial charge on any atom is -0.265 e. The summed E-state index contributed by atoms with van der Waals surface area (Å²) in [6.07, 6.45) is 6.94. The van der Waals surface area contributed by atoms with Crippen LogP contribution in [-0.4, -0.2) is 19.7 Å². The quantitative estimate of drug-likeness (QED) is 0.311. The van der Waals surface area contributed by atoms with E-state index in [1.807, 2.05) is 12.1 Å². The maximum Gasteiger partial charge on any atom is 0.159 e. The molecule has 0 amide bonds. The average molecular weight is 424 g/mol. The first-order chi connectivity index (χ1) is 15.7. The molecule has 0 aliphatic carbocycles. The van der Waals surface area contributed by atoms with Gasteiger partial charge in [-0.25, -0.2) is 18.4 Å². The molecule has 0 spiro atoms. The van der Waals surface area contributed by atoms with Crippen LogP contribution in [0, 0.1) is 11.6 Å². The molecule has 6 heteroatoms. The molecule has 5 aromatic rings. The number of hydrogen-bond donors (Lipinski definition) is 0. The van der Waals surface area contributed by atoms with Gasteiger partial charge in [0.05, 0.1) is 18.4 Å². The maximum atomic E-state index is 13.7. The normalized spacial score (nSPS) is 11.1. The first-order valence-corrected chi connectivity index (χ1v) is 10.1. The number of aromatic nitrogens is 4. The summed E-state index contributed by atoms with van der Waals surface area (Å²) >= 11 is 0. The van der Waals surface area contributed by atoms with Crippen LogP contribution in [0.1, 0.15) is 0 Å². The number of halogens is 2. The van der Waals surface area contributed by atoms with Gasteiger partial charge in [-0.2, -0.15) is 5.10 Å². The molecule has 5 rings (SSSR count). The van der Waals surface area contributed by atoms with E-state index >= 15 is 0 Å². The fourth-order valence-electron chi connectivity index (χ4n) is 3.88. The fraction of sp³-hybridized carbons (Fsp3) is 0.0385. The maximum absolute atomic E-state index is 13.7. The van der Waals surface area contributed by atoms with Crippen LogP contribution in [0.2, 0.25) is 0 Å². The molecule has 156 valence electrons. The zero-order chi connectivity index (χ0) is 22.1. The van der Waals surface area contributed by atoms with Crippen molar-refractivity contribution in [3.63, 3.8) is 0 Å². The molecule has 0 atom stereocenters. The van der Waals surface area contributed by atoms with Crippen LogP contribution >= 0.6 is 0 Å². The Morgan fingerprint density at radius 2 is 1.38 bits per heavy atom. The Morgan fingerprint density at radius 1 is 0.781 bits per heavy atom. The first kappa shape index (κ1) is 19.8. The largest absolute Gasteiger partial charge is 0.265 e. The molecular formula is C26H18F2N4. The molecule has 0 saturated heterocycles. The zero-order valence-electron chi connectivity index (χ0n) is 17.0.